The molecule has 3 heterocycles. The van der Waals surface area contributed by atoms with Crippen LogP contribution >= 0.6 is 0 Å². The third-order valence-corrected chi connectivity index (χ3v) is 16.9. The van der Waals surface area contributed by atoms with Gasteiger partial charge in [0.1, 0.15) is 0 Å². The summed E-state index contributed by atoms with van der Waals surface area (Å²) in [4.78, 5) is 5.13. The zero-order valence-electron chi connectivity index (χ0n) is 45.0. The third-order valence-electron chi connectivity index (χ3n) is 16.9. The van der Waals surface area contributed by atoms with Gasteiger partial charge in [-0.25, -0.2) is 0 Å². The number of fused-ring (bicyclic) bond motifs is 11. The lowest BCUT2D eigenvalue weighted by Gasteiger charge is -2.42. The van der Waals surface area contributed by atoms with Gasteiger partial charge in [0.05, 0.1) is 0 Å². The summed E-state index contributed by atoms with van der Waals surface area (Å²) in [6, 6.07) is 91.6. The van der Waals surface area contributed by atoms with Crippen molar-refractivity contribution >= 4 is 106 Å². The second-order valence-electron chi connectivity index (χ2n) is 23.7. The molecule has 0 aliphatic carbocycles. The lowest BCUT2D eigenvalue weighted by atomic mass is 9.44. The Labute approximate surface area is 457 Å². The molecule has 0 amide bonds. The predicted molar refractivity (Wildman–Crippen MR) is 335 cm³/mol. The number of nitrogens with zero attached hydrogens (tertiary/aromatic N) is 3. The summed E-state index contributed by atoms with van der Waals surface area (Å²) in [5.74, 6) is 0. The predicted octanol–water partition coefficient (Wildman–Crippen LogP) is 19.1. The molecule has 372 valence electrons. The molecule has 15 rings (SSSR count). The van der Waals surface area contributed by atoms with Crippen LogP contribution in [0.4, 0.5) is 34.1 Å². The van der Waals surface area contributed by atoms with Crippen LogP contribution in [-0.4, -0.2) is 11.3 Å². The Morgan fingerprint density at radius 3 is 1.46 bits per heavy atom. The molecule has 4 heteroatoms. The minimum Gasteiger partial charge on any atom is -0.375 e. The highest BCUT2D eigenvalue weighted by Gasteiger charge is 2.45. The fourth-order valence-electron chi connectivity index (χ4n) is 13.3. The zero-order valence-corrected chi connectivity index (χ0v) is 45.0. The van der Waals surface area contributed by atoms with Crippen molar-refractivity contribution in [3.8, 4) is 33.4 Å². The number of hydrogen-bond donors (Lipinski definition) is 0. The molecule has 1 aromatic heterocycles. The van der Waals surface area contributed by atoms with Crippen molar-refractivity contribution in [3.05, 3.63) is 254 Å². The molecule has 0 fully saturated rings. The fourth-order valence-corrected chi connectivity index (χ4v) is 13.3. The van der Waals surface area contributed by atoms with Crippen molar-refractivity contribution in [2.75, 3.05) is 9.80 Å². The van der Waals surface area contributed by atoms with Crippen LogP contribution in [0.5, 0.6) is 0 Å². The summed E-state index contributed by atoms with van der Waals surface area (Å²) in [5, 5.41) is 10.1. The molecule has 0 saturated heterocycles. The fraction of sp³-hybridized carbons (Fsp3) is 0.108. The average Bonchev–Trinajstić information content (AvgIpc) is 2.15. The first-order valence-corrected chi connectivity index (χ1v) is 27.6. The van der Waals surface area contributed by atoms with Gasteiger partial charge in [-0.15, -0.1) is 0 Å². The number of aromatic nitrogens is 1. The lowest BCUT2D eigenvalue weighted by molar-refractivity contribution is 0.569. The summed E-state index contributed by atoms with van der Waals surface area (Å²) in [6.45, 7) is 14.0. The molecule has 2 aliphatic rings. The number of anilines is 6. The summed E-state index contributed by atoms with van der Waals surface area (Å²) in [7, 11) is 0. The van der Waals surface area contributed by atoms with E-state index >= 15 is 0 Å². The van der Waals surface area contributed by atoms with Gasteiger partial charge in [0.25, 0.3) is 0 Å². The number of para-hydroxylation sites is 3. The number of benzene rings is 12. The smallest absolute Gasteiger partial charge is 0.333 e. The standard InChI is InChI=1S/C74H58BN3/c1-73(2,3)50-40-51(74(4,5)6)42-54(41-50)77-66-46-61-60(68(47-25-11-7-12-26-47)57-35-21-22-36-58(57)69(61)48-27-13-8-14-28-48)45-64(66)75-71-62(43-55(44-67(71)77)76(52-30-15-9-16-31-52)53-32-17-10-18-33-53)63-39-49-29-19-20-34-56(49)70-59-37-23-24-38-65(59)78(75)72(63)70/h7-46H,1-6H3. The van der Waals surface area contributed by atoms with Gasteiger partial charge in [0, 0.05) is 61.5 Å². The molecule has 0 atom stereocenters. The molecule has 0 spiro atoms. The van der Waals surface area contributed by atoms with Crippen LogP contribution in [-0.2, 0) is 10.8 Å². The summed E-state index contributed by atoms with van der Waals surface area (Å²) < 4.78 is 2.74. The van der Waals surface area contributed by atoms with Crippen molar-refractivity contribution in [2.45, 2.75) is 52.4 Å². The van der Waals surface area contributed by atoms with E-state index in [4.69, 9.17) is 0 Å². The van der Waals surface area contributed by atoms with Gasteiger partial charge in [-0.3, -0.25) is 0 Å². The van der Waals surface area contributed by atoms with E-state index in [1.165, 1.54) is 121 Å². The molecule has 12 aromatic carbocycles. The Morgan fingerprint density at radius 2 is 0.885 bits per heavy atom. The van der Waals surface area contributed by atoms with E-state index in [9.17, 15) is 0 Å². The molecular weight excluding hydrogens is 942 g/mol. The first-order chi connectivity index (χ1) is 38.0. The van der Waals surface area contributed by atoms with Crippen LogP contribution in [0.3, 0.4) is 0 Å². The van der Waals surface area contributed by atoms with E-state index in [-0.39, 0.29) is 17.7 Å². The van der Waals surface area contributed by atoms with Crippen molar-refractivity contribution in [2.24, 2.45) is 0 Å². The summed E-state index contributed by atoms with van der Waals surface area (Å²) >= 11 is 0. The van der Waals surface area contributed by atoms with Crippen molar-refractivity contribution in [3.63, 3.8) is 0 Å². The van der Waals surface area contributed by atoms with E-state index in [0.717, 1.165) is 22.7 Å². The second-order valence-corrected chi connectivity index (χ2v) is 23.7. The van der Waals surface area contributed by atoms with E-state index in [2.05, 4.69) is 298 Å². The molecule has 0 N–H and O–H groups in total. The third kappa shape index (κ3) is 6.98. The largest absolute Gasteiger partial charge is 0.375 e. The van der Waals surface area contributed by atoms with Gasteiger partial charge >= 0.3 is 6.85 Å². The number of hydrogen-bond acceptors (Lipinski definition) is 2. The molecule has 0 bridgehead atoms. The Hall–Kier alpha value is -9.12. The average molecular weight is 1000 g/mol. The summed E-state index contributed by atoms with van der Waals surface area (Å²) in [6.07, 6.45) is 0. The maximum absolute atomic E-state index is 2.74. The Bertz CT molecular complexity index is 4490. The lowest BCUT2D eigenvalue weighted by Crippen LogP contribution is -2.56. The topological polar surface area (TPSA) is 11.4 Å². The van der Waals surface area contributed by atoms with E-state index < -0.39 is 0 Å². The molecular formula is C74H58BN3. The molecule has 0 radical (unpaired) electrons. The minimum atomic E-state index is -0.194. The zero-order chi connectivity index (χ0) is 52.6. The van der Waals surface area contributed by atoms with Crippen LogP contribution in [0.2, 0.25) is 0 Å². The second kappa shape index (κ2) is 17.2. The van der Waals surface area contributed by atoms with Crippen LogP contribution in [0.25, 0.3) is 87.5 Å². The Balaban J connectivity index is 1.18. The van der Waals surface area contributed by atoms with Gasteiger partial charge in [-0.1, -0.05) is 217 Å². The van der Waals surface area contributed by atoms with Gasteiger partial charge < -0.3 is 14.3 Å². The highest BCUT2D eigenvalue weighted by molar-refractivity contribution is 6.90. The number of rotatable bonds is 6. The maximum Gasteiger partial charge on any atom is 0.333 e. The van der Waals surface area contributed by atoms with Crippen LogP contribution in [0.15, 0.2) is 243 Å². The SMILES string of the molecule is CC(C)(C)c1cc(N2c3cc4c(-c5ccccc5)c5ccccc5c(-c5ccccc5)c4cc3B3c4c(cc(N(c5ccccc5)c5ccccc5)cc42)-c2cc4ccccc4c4c5ccccc5n3c24)cc(C(C)(C)C)c1. The molecule has 2 aliphatic heterocycles. The van der Waals surface area contributed by atoms with E-state index in [1.807, 2.05) is 0 Å². The minimum absolute atomic E-state index is 0.126. The highest BCUT2D eigenvalue weighted by Crippen LogP contribution is 2.53. The van der Waals surface area contributed by atoms with Crippen LogP contribution < -0.4 is 20.7 Å². The molecule has 0 unspecified atom stereocenters. The van der Waals surface area contributed by atoms with E-state index in [1.54, 1.807) is 0 Å². The monoisotopic (exact) mass is 999 g/mol. The van der Waals surface area contributed by atoms with Crippen molar-refractivity contribution < 1.29 is 0 Å². The molecule has 78 heavy (non-hydrogen) atoms. The van der Waals surface area contributed by atoms with Crippen molar-refractivity contribution in [1.29, 1.82) is 0 Å². The molecule has 13 aromatic rings. The normalized spacial score (nSPS) is 12.9. The highest BCUT2D eigenvalue weighted by atomic mass is 15.2. The molecule has 3 nitrogen and oxygen atoms in total. The first kappa shape index (κ1) is 46.2. The van der Waals surface area contributed by atoms with Gasteiger partial charge in [-0.2, -0.15) is 0 Å². The maximum atomic E-state index is 2.74. The summed E-state index contributed by atoms with van der Waals surface area (Å²) in [5.41, 5.74) is 21.7. The Morgan fingerprint density at radius 1 is 0.385 bits per heavy atom. The Kier molecular flexibility index (Phi) is 10.2. The van der Waals surface area contributed by atoms with Crippen LogP contribution in [0.1, 0.15) is 52.7 Å². The van der Waals surface area contributed by atoms with Crippen molar-refractivity contribution in [1.82, 2.24) is 4.48 Å². The molecule has 0 saturated carbocycles. The first-order valence-electron chi connectivity index (χ1n) is 27.6. The van der Waals surface area contributed by atoms with Crippen LogP contribution in [0, 0.1) is 0 Å². The van der Waals surface area contributed by atoms with Gasteiger partial charge in [0.2, 0.25) is 0 Å². The quantitative estimate of drug-likeness (QED) is 0.121. The van der Waals surface area contributed by atoms with E-state index in [0.29, 0.717) is 0 Å². The van der Waals surface area contributed by atoms with Gasteiger partial charge in [-0.05, 0) is 160 Å². The van der Waals surface area contributed by atoms with Gasteiger partial charge in [0.15, 0.2) is 0 Å².